The van der Waals surface area contributed by atoms with Crippen LogP contribution in [0.4, 0.5) is 0 Å². The van der Waals surface area contributed by atoms with E-state index in [1.54, 1.807) is 0 Å². The van der Waals surface area contributed by atoms with E-state index in [1.807, 2.05) is 13.8 Å². The van der Waals surface area contributed by atoms with E-state index in [2.05, 4.69) is 88.2 Å². The highest BCUT2D eigenvalue weighted by Gasteiger charge is 2.14. The molecule has 2 nitrogen and oxygen atoms in total. The molecule has 0 bridgehead atoms. The summed E-state index contributed by atoms with van der Waals surface area (Å²) in [6, 6.07) is 0.763. The summed E-state index contributed by atoms with van der Waals surface area (Å²) in [5, 5.41) is 0. The first-order valence-electron chi connectivity index (χ1n) is 14.8. The molecule has 1 atom stereocenters. The third-order valence-corrected chi connectivity index (χ3v) is 6.38. The van der Waals surface area contributed by atoms with Crippen LogP contribution < -0.4 is 0 Å². The molecule has 0 heterocycles. The van der Waals surface area contributed by atoms with Crippen LogP contribution in [0.25, 0.3) is 0 Å². The Balaban J connectivity index is -0.000000428. The zero-order valence-electron chi connectivity index (χ0n) is 26.5. The molecule has 2 heteroatoms. The molecular formula is C32H69NO. The quantitative estimate of drug-likeness (QED) is 0.203. The van der Waals surface area contributed by atoms with Gasteiger partial charge in [-0.1, -0.05) is 128 Å². The van der Waals surface area contributed by atoms with E-state index in [1.165, 1.54) is 51.4 Å². The van der Waals surface area contributed by atoms with Crippen LogP contribution in [0.3, 0.4) is 0 Å². The van der Waals surface area contributed by atoms with Crippen LogP contribution in [0, 0.1) is 35.5 Å². The van der Waals surface area contributed by atoms with Gasteiger partial charge in [-0.25, -0.2) is 0 Å². The molecule has 0 saturated heterocycles. The lowest BCUT2D eigenvalue weighted by Crippen LogP contribution is -2.32. The fourth-order valence-corrected chi connectivity index (χ4v) is 4.00. The molecule has 0 aromatic heterocycles. The van der Waals surface area contributed by atoms with Crippen molar-refractivity contribution < 1.29 is 4.79 Å². The van der Waals surface area contributed by atoms with Gasteiger partial charge in [0, 0.05) is 18.4 Å². The lowest BCUT2D eigenvalue weighted by Gasteiger charge is -2.28. The maximum absolute atomic E-state index is 11.1. The second kappa shape index (κ2) is 24.3. The van der Waals surface area contributed by atoms with Gasteiger partial charge in [-0.15, -0.1) is 0 Å². The largest absolute Gasteiger partial charge is 0.306 e. The van der Waals surface area contributed by atoms with Crippen LogP contribution >= 0.6 is 0 Å². The first kappa shape index (κ1) is 38.2. The van der Waals surface area contributed by atoms with E-state index < -0.39 is 0 Å². The van der Waals surface area contributed by atoms with E-state index in [0.717, 1.165) is 48.5 Å². The van der Waals surface area contributed by atoms with Gasteiger partial charge in [-0.3, -0.25) is 4.79 Å². The molecule has 0 fully saturated rings. The molecule has 0 radical (unpaired) electrons. The standard InChI is InChI=1S/C12H27N.C10H20O.C10H22/c1-10(2)8-7-9-12(11(3)4)13(5)6;1-8(2)6-5-7-10(11)9(3)4;1-9(2)7-5-6-8-10(3)4/h10-12H,7-9H2,1-6H3;8-9H,5-7H2,1-4H3;9-10H,5-8H2,1-4H3. The van der Waals surface area contributed by atoms with E-state index in [-0.39, 0.29) is 5.92 Å². The molecule has 0 aromatic carbocycles. The predicted molar refractivity (Wildman–Crippen MR) is 158 cm³/mol. The fourth-order valence-electron chi connectivity index (χ4n) is 4.00. The number of ketones is 1. The van der Waals surface area contributed by atoms with Gasteiger partial charge in [0.1, 0.15) is 5.78 Å². The van der Waals surface area contributed by atoms with Gasteiger partial charge in [0.05, 0.1) is 0 Å². The monoisotopic (exact) mass is 484 g/mol. The van der Waals surface area contributed by atoms with Crippen molar-refractivity contribution in [3.63, 3.8) is 0 Å². The molecule has 0 N–H and O–H groups in total. The Morgan fingerprint density at radius 3 is 1.18 bits per heavy atom. The second-order valence-electron chi connectivity index (χ2n) is 13.1. The number of nitrogens with zero attached hydrogens (tertiary/aromatic N) is 1. The minimum absolute atomic E-state index is 0.224. The average Bonchev–Trinajstić information content (AvgIpc) is 2.68. The number of Topliss-reactive ketones (excluding diaryl/α,β-unsaturated/α-hetero) is 1. The lowest BCUT2D eigenvalue weighted by atomic mass is 9.95. The molecule has 0 rings (SSSR count). The fraction of sp³-hybridized carbons (Fsp3) is 0.969. The molecule has 208 valence electrons. The van der Waals surface area contributed by atoms with Gasteiger partial charge < -0.3 is 4.90 Å². The van der Waals surface area contributed by atoms with Crippen molar-refractivity contribution in [1.29, 1.82) is 0 Å². The van der Waals surface area contributed by atoms with E-state index in [4.69, 9.17) is 0 Å². The SMILES string of the molecule is CC(C)CCCC(=O)C(C)C.CC(C)CCCC(C(C)C)N(C)C.CC(C)CCCCC(C)C. The van der Waals surface area contributed by atoms with Crippen molar-refractivity contribution in [1.82, 2.24) is 4.90 Å². The third kappa shape index (κ3) is 31.6. The summed E-state index contributed by atoms with van der Waals surface area (Å²) in [4.78, 5) is 13.5. The van der Waals surface area contributed by atoms with Crippen molar-refractivity contribution >= 4 is 5.78 Å². The number of rotatable bonds is 16. The predicted octanol–water partition coefficient (Wildman–Crippen LogP) is 10.3. The summed E-state index contributed by atoms with van der Waals surface area (Å²) < 4.78 is 0. The Morgan fingerprint density at radius 2 is 0.882 bits per heavy atom. The Hall–Kier alpha value is -0.370. The molecule has 0 amide bonds. The van der Waals surface area contributed by atoms with Crippen LogP contribution in [0.1, 0.15) is 147 Å². The summed E-state index contributed by atoms with van der Waals surface area (Å²) in [7, 11) is 4.39. The number of carbonyl (C=O) groups excluding carboxylic acids is 1. The van der Waals surface area contributed by atoms with Gasteiger partial charge in [0.15, 0.2) is 0 Å². The maximum atomic E-state index is 11.1. The third-order valence-electron chi connectivity index (χ3n) is 6.38. The molecule has 34 heavy (non-hydrogen) atoms. The number of hydrogen-bond donors (Lipinski definition) is 0. The highest BCUT2D eigenvalue weighted by molar-refractivity contribution is 5.80. The van der Waals surface area contributed by atoms with Crippen LogP contribution in [-0.4, -0.2) is 30.8 Å². The summed E-state index contributed by atoms with van der Waals surface area (Å²) >= 11 is 0. The smallest absolute Gasteiger partial charge is 0.135 e. The molecular weight excluding hydrogens is 414 g/mol. The lowest BCUT2D eigenvalue weighted by molar-refractivity contribution is -0.122. The molecule has 0 aliphatic rings. The van der Waals surface area contributed by atoms with Gasteiger partial charge in [-0.2, -0.15) is 0 Å². The second-order valence-corrected chi connectivity index (χ2v) is 13.1. The maximum Gasteiger partial charge on any atom is 0.135 e. The van der Waals surface area contributed by atoms with Crippen molar-refractivity contribution in [2.75, 3.05) is 14.1 Å². The molecule has 0 aromatic rings. The van der Waals surface area contributed by atoms with E-state index in [9.17, 15) is 4.79 Å². The van der Waals surface area contributed by atoms with Gasteiger partial charge >= 0.3 is 0 Å². The molecule has 0 saturated carbocycles. The Bertz CT molecular complexity index is 403. The van der Waals surface area contributed by atoms with Crippen molar-refractivity contribution in [3.8, 4) is 0 Å². The Kier molecular flexibility index (Phi) is 27.3. The van der Waals surface area contributed by atoms with E-state index >= 15 is 0 Å². The van der Waals surface area contributed by atoms with Crippen molar-refractivity contribution in [2.45, 2.75) is 153 Å². The molecule has 0 spiro atoms. The van der Waals surface area contributed by atoms with Crippen LogP contribution in [0.15, 0.2) is 0 Å². The van der Waals surface area contributed by atoms with Crippen LogP contribution in [0.2, 0.25) is 0 Å². The molecule has 0 aliphatic carbocycles. The minimum Gasteiger partial charge on any atom is -0.306 e. The van der Waals surface area contributed by atoms with Crippen molar-refractivity contribution in [3.05, 3.63) is 0 Å². The average molecular weight is 484 g/mol. The first-order valence-corrected chi connectivity index (χ1v) is 14.8. The number of carbonyl (C=O) groups is 1. The highest BCUT2D eigenvalue weighted by Crippen LogP contribution is 2.17. The summed E-state index contributed by atoms with van der Waals surface area (Å²) in [6.07, 6.45) is 12.8. The highest BCUT2D eigenvalue weighted by atomic mass is 16.1. The number of unbranched alkanes of at least 4 members (excludes halogenated alkanes) is 1. The van der Waals surface area contributed by atoms with Crippen LogP contribution in [0.5, 0.6) is 0 Å². The topological polar surface area (TPSA) is 20.3 Å². The van der Waals surface area contributed by atoms with E-state index in [0.29, 0.717) is 5.78 Å². The zero-order valence-corrected chi connectivity index (χ0v) is 26.5. The van der Waals surface area contributed by atoms with Crippen LogP contribution in [-0.2, 0) is 4.79 Å². The summed E-state index contributed by atoms with van der Waals surface area (Å²) in [6.45, 7) is 26.8. The van der Waals surface area contributed by atoms with Crippen molar-refractivity contribution in [2.24, 2.45) is 35.5 Å². The minimum atomic E-state index is 0.224. The Morgan fingerprint density at radius 1 is 0.529 bits per heavy atom. The van der Waals surface area contributed by atoms with Gasteiger partial charge in [0.25, 0.3) is 0 Å². The Labute approximate surface area is 218 Å². The summed E-state index contributed by atoms with van der Waals surface area (Å²) in [5.41, 5.74) is 0. The first-order chi connectivity index (χ1) is 15.6. The van der Waals surface area contributed by atoms with Gasteiger partial charge in [-0.05, 0) is 56.5 Å². The zero-order chi connectivity index (χ0) is 27.3. The van der Waals surface area contributed by atoms with Gasteiger partial charge in [0.2, 0.25) is 0 Å². The number of hydrogen-bond acceptors (Lipinski definition) is 2. The molecule has 0 aliphatic heterocycles. The molecule has 1 unspecified atom stereocenters. The normalized spacial score (nSPS) is 12.5. The summed E-state index contributed by atoms with van der Waals surface area (Å²) in [5.74, 6) is 4.79.